The van der Waals surface area contributed by atoms with Crippen molar-refractivity contribution in [3.8, 4) is 5.75 Å². The molecule has 0 aliphatic carbocycles. The summed E-state index contributed by atoms with van der Waals surface area (Å²) in [5, 5.41) is 3.34. The summed E-state index contributed by atoms with van der Waals surface area (Å²) >= 11 is 0. The van der Waals surface area contributed by atoms with E-state index in [0.29, 0.717) is 12.3 Å². The molecule has 5 nitrogen and oxygen atoms in total. The number of aromatic nitrogens is 2. The van der Waals surface area contributed by atoms with Gasteiger partial charge in [0.15, 0.2) is 0 Å². The maximum absolute atomic E-state index is 11.1. The van der Waals surface area contributed by atoms with Crippen LogP contribution in [0, 0.1) is 20.8 Å². The molecule has 2 rings (SSSR count). The number of rotatable bonds is 5. The number of aryl methyl sites for hydroxylation is 3. The Morgan fingerprint density at radius 1 is 1.09 bits per heavy atom. The van der Waals surface area contributed by atoms with Crippen molar-refractivity contribution in [3.63, 3.8) is 0 Å². The highest BCUT2D eigenvalue weighted by atomic mass is 16.5. The van der Waals surface area contributed by atoms with Gasteiger partial charge in [0.1, 0.15) is 5.75 Å². The van der Waals surface area contributed by atoms with Gasteiger partial charge in [-0.1, -0.05) is 12.1 Å². The molecule has 1 aromatic carbocycles. The number of nitrogens with one attached hydrogen (secondary N) is 1. The molecular weight excluding hydrogens is 278 g/mol. The summed E-state index contributed by atoms with van der Waals surface area (Å²) in [7, 11) is 0. The lowest BCUT2D eigenvalue weighted by Crippen LogP contribution is -2.14. The standard InChI is InChI=1S/C17H21N3O2/c1-11-5-15(6-12(2)17(11)22-14(4)21)8-18-9-16-10-19-13(3)7-20-16/h5-7,10,18H,8-9H2,1-4H3. The van der Waals surface area contributed by atoms with Crippen LogP contribution in [-0.2, 0) is 17.9 Å². The maximum atomic E-state index is 11.1. The number of carbonyl (C=O) groups is 1. The first-order valence-corrected chi connectivity index (χ1v) is 7.22. The molecule has 0 aliphatic rings. The van der Waals surface area contributed by atoms with Crippen molar-refractivity contribution in [2.75, 3.05) is 0 Å². The highest BCUT2D eigenvalue weighted by molar-refractivity contribution is 5.70. The normalized spacial score (nSPS) is 10.5. The molecule has 5 heteroatoms. The Morgan fingerprint density at radius 3 is 2.32 bits per heavy atom. The molecule has 1 heterocycles. The molecule has 0 saturated carbocycles. The molecule has 0 atom stereocenters. The number of esters is 1. The van der Waals surface area contributed by atoms with Gasteiger partial charge >= 0.3 is 5.97 Å². The molecule has 1 N–H and O–H groups in total. The molecule has 22 heavy (non-hydrogen) atoms. The summed E-state index contributed by atoms with van der Waals surface area (Å²) in [5.41, 5.74) is 4.89. The second-order valence-corrected chi connectivity index (χ2v) is 5.41. The van der Waals surface area contributed by atoms with Crippen LogP contribution in [0.3, 0.4) is 0 Å². The van der Waals surface area contributed by atoms with Gasteiger partial charge < -0.3 is 10.1 Å². The molecular formula is C17H21N3O2. The molecule has 0 radical (unpaired) electrons. The van der Waals surface area contributed by atoms with Crippen LogP contribution in [0.25, 0.3) is 0 Å². The number of benzene rings is 1. The van der Waals surface area contributed by atoms with E-state index in [9.17, 15) is 4.79 Å². The van der Waals surface area contributed by atoms with Crippen molar-refractivity contribution in [1.82, 2.24) is 15.3 Å². The summed E-state index contributed by atoms with van der Waals surface area (Å²) in [6.45, 7) is 8.60. The third-order valence-corrected chi connectivity index (χ3v) is 3.24. The fraction of sp³-hybridized carbons (Fsp3) is 0.353. The zero-order valence-corrected chi connectivity index (χ0v) is 13.4. The smallest absolute Gasteiger partial charge is 0.308 e. The topological polar surface area (TPSA) is 64.1 Å². The van der Waals surface area contributed by atoms with Crippen molar-refractivity contribution < 1.29 is 9.53 Å². The minimum atomic E-state index is -0.296. The molecule has 0 bridgehead atoms. The van der Waals surface area contributed by atoms with Crippen LogP contribution < -0.4 is 10.1 Å². The van der Waals surface area contributed by atoms with Crippen LogP contribution in [0.4, 0.5) is 0 Å². The van der Waals surface area contributed by atoms with Crippen molar-refractivity contribution in [2.24, 2.45) is 0 Å². The van der Waals surface area contributed by atoms with Crippen LogP contribution in [0.5, 0.6) is 5.75 Å². The Bertz CT molecular complexity index is 643. The molecule has 0 amide bonds. The van der Waals surface area contributed by atoms with Crippen LogP contribution >= 0.6 is 0 Å². The summed E-state index contributed by atoms with van der Waals surface area (Å²) < 4.78 is 5.24. The van der Waals surface area contributed by atoms with E-state index in [1.807, 2.05) is 32.9 Å². The average molecular weight is 299 g/mol. The van der Waals surface area contributed by atoms with Gasteiger partial charge in [-0.05, 0) is 37.5 Å². The largest absolute Gasteiger partial charge is 0.426 e. The Morgan fingerprint density at radius 2 is 1.77 bits per heavy atom. The lowest BCUT2D eigenvalue weighted by molar-refractivity contribution is -0.131. The second kappa shape index (κ2) is 7.13. The Hall–Kier alpha value is -2.27. The van der Waals surface area contributed by atoms with E-state index in [-0.39, 0.29) is 5.97 Å². The van der Waals surface area contributed by atoms with E-state index in [1.54, 1.807) is 12.4 Å². The average Bonchev–Trinajstić information content (AvgIpc) is 2.45. The number of hydrogen-bond acceptors (Lipinski definition) is 5. The molecule has 0 spiro atoms. The van der Waals surface area contributed by atoms with Crippen molar-refractivity contribution >= 4 is 5.97 Å². The summed E-state index contributed by atoms with van der Waals surface area (Å²) in [6, 6.07) is 4.05. The fourth-order valence-electron chi connectivity index (χ4n) is 2.29. The second-order valence-electron chi connectivity index (χ2n) is 5.41. The van der Waals surface area contributed by atoms with Crippen molar-refractivity contribution in [1.29, 1.82) is 0 Å². The van der Waals surface area contributed by atoms with E-state index in [4.69, 9.17) is 4.74 Å². The van der Waals surface area contributed by atoms with Gasteiger partial charge in [-0.25, -0.2) is 0 Å². The third-order valence-electron chi connectivity index (χ3n) is 3.24. The van der Waals surface area contributed by atoms with Gasteiger partial charge in [0.05, 0.1) is 11.4 Å². The van der Waals surface area contributed by atoms with E-state index in [2.05, 4.69) is 15.3 Å². The van der Waals surface area contributed by atoms with Gasteiger partial charge in [0, 0.05) is 32.4 Å². The van der Waals surface area contributed by atoms with Gasteiger partial charge in [0.25, 0.3) is 0 Å². The molecule has 116 valence electrons. The first-order chi connectivity index (χ1) is 10.5. The number of carbonyl (C=O) groups excluding carboxylic acids is 1. The Labute approximate surface area is 130 Å². The minimum absolute atomic E-state index is 0.296. The third kappa shape index (κ3) is 4.36. The Kier molecular flexibility index (Phi) is 5.22. The van der Waals surface area contributed by atoms with E-state index in [1.165, 1.54) is 6.92 Å². The SMILES string of the molecule is CC(=O)Oc1c(C)cc(CNCc2cnc(C)cn2)cc1C. The van der Waals surface area contributed by atoms with Crippen molar-refractivity contribution in [2.45, 2.75) is 40.8 Å². The van der Waals surface area contributed by atoms with Crippen molar-refractivity contribution in [3.05, 3.63) is 52.6 Å². The van der Waals surface area contributed by atoms with Gasteiger partial charge in [0.2, 0.25) is 0 Å². The molecule has 2 aromatic rings. The van der Waals surface area contributed by atoms with E-state index < -0.39 is 0 Å². The zero-order chi connectivity index (χ0) is 16.1. The molecule has 0 aliphatic heterocycles. The molecule has 0 saturated heterocycles. The van der Waals surface area contributed by atoms with E-state index in [0.717, 1.165) is 34.6 Å². The first-order valence-electron chi connectivity index (χ1n) is 7.22. The summed E-state index contributed by atoms with van der Waals surface area (Å²) in [6.07, 6.45) is 3.54. The van der Waals surface area contributed by atoms with Crippen LogP contribution in [-0.4, -0.2) is 15.9 Å². The zero-order valence-electron chi connectivity index (χ0n) is 13.4. The number of ether oxygens (including phenoxy) is 1. The van der Waals surface area contributed by atoms with Crippen LogP contribution in [0.15, 0.2) is 24.5 Å². The lowest BCUT2D eigenvalue weighted by Gasteiger charge is -2.12. The molecule has 1 aromatic heterocycles. The number of nitrogens with zero attached hydrogens (tertiary/aromatic N) is 2. The van der Waals surface area contributed by atoms with Gasteiger partial charge in [-0.2, -0.15) is 0 Å². The predicted octanol–water partition coefficient (Wildman–Crippen LogP) is 2.62. The first kappa shape index (κ1) is 16.1. The highest BCUT2D eigenvalue weighted by Gasteiger charge is 2.08. The predicted molar refractivity (Wildman–Crippen MR) is 84.5 cm³/mol. The quantitative estimate of drug-likeness (QED) is 0.679. The van der Waals surface area contributed by atoms with E-state index >= 15 is 0 Å². The minimum Gasteiger partial charge on any atom is -0.426 e. The molecule has 0 fully saturated rings. The Balaban J connectivity index is 1.98. The summed E-state index contributed by atoms with van der Waals surface area (Å²) in [4.78, 5) is 19.6. The van der Waals surface area contributed by atoms with Gasteiger partial charge in [-0.15, -0.1) is 0 Å². The maximum Gasteiger partial charge on any atom is 0.308 e. The molecule has 0 unspecified atom stereocenters. The summed E-state index contributed by atoms with van der Waals surface area (Å²) in [5.74, 6) is 0.357. The number of hydrogen-bond donors (Lipinski definition) is 1. The van der Waals surface area contributed by atoms with Crippen LogP contribution in [0.2, 0.25) is 0 Å². The lowest BCUT2D eigenvalue weighted by atomic mass is 10.1. The monoisotopic (exact) mass is 299 g/mol. The van der Waals surface area contributed by atoms with Crippen LogP contribution in [0.1, 0.15) is 35.0 Å². The fourth-order valence-corrected chi connectivity index (χ4v) is 2.29. The highest BCUT2D eigenvalue weighted by Crippen LogP contribution is 2.25. The van der Waals surface area contributed by atoms with Gasteiger partial charge in [-0.3, -0.25) is 14.8 Å².